The molecule has 1 aromatic carbocycles. The minimum atomic E-state index is -0.513. The zero-order chi connectivity index (χ0) is 18.4. The number of hydrogen-bond acceptors (Lipinski definition) is 4. The van der Waals surface area contributed by atoms with Crippen LogP contribution in [0.4, 0.5) is 0 Å². The molecule has 0 aliphatic carbocycles. The maximum absolute atomic E-state index is 11.2. The first kappa shape index (κ1) is 22.4. The third kappa shape index (κ3) is 9.48. The smallest absolute Gasteiger partial charge is 0.330 e. The fourth-order valence-corrected chi connectivity index (χ4v) is 2.13. The van der Waals surface area contributed by atoms with Crippen LogP contribution >= 0.6 is 0 Å². The number of carbonyl (C=O) groups is 1. The second-order valence-corrected chi connectivity index (χ2v) is 5.61. The van der Waals surface area contributed by atoms with E-state index >= 15 is 0 Å². The van der Waals surface area contributed by atoms with Crippen molar-refractivity contribution in [2.45, 2.75) is 46.8 Å². The highest BCUT2D eigenvalue weighted by atomic mass is 16.5. The van der Waals surface area contributed by atoms with Gasteiger partial charge in [-0.15, -0.1) is 0 Å². The third-order valence-corrected chi connectivity index (χ3v) is 3.51. The fraction of sp³-hybridized carbons (Fsp3) is 0.550. The number of aliphatic hydroxyl groups is 1. The van der Waals surface area contributed by atoms with Gasteiger partial charge in [-0.25, -0.2) is 4.79 Å². The zero-order valence-corrected chi connectivity index (χ0v) is 15.6. The summed E-state index contributed by atoms with van der Waals surface area (Å²) >= 11 is 0. The summed E-state index contributed by atoms with van der Waals surface area (Å²) in [7, 11) is 1.34. The highest BCUT2D eigenvalue weighted by molar-refractivity contribution is 5.81. The van der Waals surface area contributed by atoms with Gasteiger partial charge in [-0.2, -0.15) is 0 Å². The first-order valence-electron chi connectivity index (χ1n) is 8.60. The predicted octanol–water partition coefficient (Wildman–Crippen LogP) is 3.98. The number of esters is 1. The van der Waals surface area contributed by atoms with Crippen molar-refractivity contribution in [1.82, 2.24) is 0 Å². The summed E-state index contributed by atoms with van der Waals surface area (Å²) < 4.78 is 10.2. The Morgan fingerprint density at radius 1 is 1.21 bits per heavy atom. The lowest BCUT2D eigenvalue weighted by Gasteiger charge is -2.23. The van der Waals surface area contributed by atoms with E-state index in [1.54, 1.807) is 6.08 Å². The molecule has 0 bridgehead atoms. The monoisotopic (exact) mass is 336 g/mol. The van der Waals surface area contributed by atoms with E-state index in [1.807, 2.05) is 58.0 Å². The molecule has 0 heterocycles. The van der Waals surface area contributed by atoms with Gasteiger partial charge in [-0.1, -0.05) is 64.1 Å². The molecule has 4 nitrogen and oxygen atoms in total. The van der Waals surface area contributed by atoms with Gasteiger partial charge in [0.25, 0.3) is 0 Å². The Balaban J connectivity index is 0.00000254. The van der Waals surface area contributed by atoms with Crippen LogP contribution in [0.5, 0.6) is 0 Å². The number of aliphatic hydroxyl groups excluding tert-OH is 1. The molecule has 1 N–H and O–H groups in total. The Morgan fingerprint density at radius 3 is 2.38 bits per heavy atom. The van der Waals surface area contributed by atoms with Crippen molar-refractivity contribution in [1.29, 1.82) is 0 Å². The van der Waals surface area contributed by atoms with E-state index < -0.39 is 12.1 Å². The van der Waals surface area contributed by atoms with Crippen molar-refractivity contribution in [3.63, 3.8) is 0 Å². The van der Waals surface area contributed by atoms with Gasteiger partial charge in [0, 0.05) is 18.6 Å². The predicted molar refractivity (Wildman–Crippen MR) is 97.6 cm³/mol. The lowest BCUT2D eigenvalue weighted by atomic mass is 9.90. The van der Waals surface area contributed by atoms with Crippen molar-refractivity contribution >= 4 is 5.97 Å². The van der Waals surface area contributed by atoms with E-state index in [1.165, 1.54) is 13.2 Å². The Bertz CT molecular complexity index is 454. The van der Waals surface area contributed by atoms with Gasteiger partial charge < -0.3 is 14.6 Å². The molecule has 0 aliphatic rings. The first-order valence-corrected chi connectivity index (χ1v) is 8.60. The van der Waals surface area contributed by atoms with Gasteiger partial charge >= 0.3 is 5.97 Å². The van der Waals surface area contributed by atoms with Crippen LogP contribution < -0.4 is 0 Å². The minimum Gasteiger partial charge on any atom is -0.466 e. The number of rotatable bonds is 9. The van der Waals surface area contributed by atoms with Crippen LogP contribution in [0.3, 0.4) is 0 Å². The third-order valence-electron chi connectivity index (χ3n) is 3.51. The largest absolute Gasteiger partial charge is 0.466 e. The molecule has 0 saturated heterocycles. The highest BCUT2D eigenvalue weighted by Gasteiger charge is 2.20. The molecule has 24 heavy (non-hydrogen) atoms. The number of carbonyl (C=O) groups excluding carboxylic acids is 1. The Hall–Kier alpha value is -1.65. The van der Waals surface area contributed by atoms with E-state index in [4.69, 9.17) is 4.74 Å². The molecule has 0 radical (unpaired) electrons. The van der Waals surface area contributed by atoms with Crippen LogP contribution in [0.15, 0.2) is 42.5 Å². The summed E-state index contributed by atoms with van der Waals surface area (Å²) in [6, 6.07) is 9.94. The van der Waals surface area contributed by atoms with Crippen LogP contribution in [0.1, 0.15) is 39.7 Å². The molecular formula is C20H32O4. The molecule has 1 aromatic rings. The number of benzene rings is 1. The van der Waals surface area contributed by atoms with Crippen LogP contribution in [0, 0.1) is 11.8 Å². The van der Waals surface area contributed by atoms with Gasteiger partial charge in [-0.05, 0) is 17.9 Å². The maximum atomic E-state index is 11.2. The van der Waals surface area contributed by atoms with Crippen molar-refractivity contribution in [3.8, 4) is 0 Å². The van der Waals surface area contributed by atoms with Crippen LogP contribution in [0.2, 0.25) is 0 Å². The summed E-state index contributed by atoms with van der Waals surface area (Å²) in [5, 5.41) is 10.2. The molecule has 0 saturated carbocycles. The molecular weight excluding hydrogens is 304 g/mol. The van der Waals surface area contributed by atoms with Gasteiger partial charge in [0.2, 0.25) is 0 Å². The van der Waals surface area contributed by atoms with Gasteiger partial charge in [0.15, 0.2) is 0 Å². The molecule has 0 spiro atoms. The van der Waals surface area contributed by atoms with E-state index in [9.17, 15) is 9.90 Å². The van der Waals surface area contributed by atoms with E-state index in [0.29, 0.717) is 19.6 Å². The number of ether oxygens (including phenoxy) is 2. The summed E-state index contributed by atoms with van der Waals surface area (Å²) in [6.45, 7) is 8.98. The van der Waals surface area contributed by atoms with Crippen LogP contribution in [-0.4, -0.2) is 30.9 Å². The van der Waals surface area contributed by atoms with E-state index in [2.05, 4.69) is 4.74 Å². The van der Waals surface area contributed by atoms with E-state index in [0.717, 1.165) is 5.56 Å². The quantitative estimate of drug-likeness (QED) is 0.421. The molecule has 0 aromatic heterocycles. The average molecular weight is 336 g/mol. The van der Waals surface area contributed by atoms with Crippen LogP contribution in [0.25, 0.3) is 0 Å². The molecule has 2 unspecified atom stereocenters. The molecule has 0 amide bonds. The molecule has 1 rings (SSSR count). The Labute approximate surface area is 146 Å². The maximum Gasteiger partial charge on any atom is 0.330 e. The van der Waals surface area contributed by atoms with Gasteiger partial charge in [0.1, 0.15) is 0 Å². The molecule has 0 aliphatic heterocycles. The Morgan fingerprint density at radius 2 is 1.83 bits per heavy atom. The van der Waals surface area contributed by atoms with Gasteiger partial charge in [-0.3, -0.25) is 0 Å². The second-order valence-electron chi connectivity index (χ2n) is 5.61. The normalized spacial score (nSPS) is 13.3. The summed E-state index contributed by atoms with van der Waals surface area (Å²) in [4.78, 5) is 11.2. The van der Waals surface area contributed by atoms with Crippen LogP contribution in [-0.2, 0) is 20.9 Å². The van der Waals surface area contributed by atoms with Gasteiger partial charge in [0.05, 0.1) is 19.8 Å². The summed E-state index contributed by atoms with van der Waals surface area (Å²) in [5.74, 6) is -0.428. The summed E-state index contributed by atoms with van der Waals surface area (Å²) in [5.41, 5.74) is 1.12. The lowest BCUT2D eigenvalue weighted by molar-refractivity contribution is -0.134. The second kappa shape index (κ2) is 13.8. The minimum absolute atomic E-state index is 0.112. The summed E-state index contributed by atoms with van der Waals surface area (Å²) in [6.07, 6.45) is 3.22. The average Bonchev–Trinajstić information content (AvgIpc) is 2.62. The van der Waals surface area contributed by atoms with Crippen molar-refractivity contribution < 1.29 is 19.4 Å². The van der Waals surface area contributed by atoms with E-state index in [-0.39, 0.29) is 11.8 Å². The van der Waals surface area contributed by atoms with Crippen molar-refractivity contribution in [2.75, 3.05) is 13.7 Å². The molecule has 2 atom stereocenters. The topological polar surface area (TPSA) is 55.8 Å². The van der Waals surface area contributed by atoms with Crippen molar-refractivity contribution in [3.05, 3.63) is 48.0 Å². The zero-order valence-electron chi connectivity index (χ0n) is 15.6. The van der Waals surface area contributed by atoms with Crippen molar-refractivity contribution in [2.24, 2.45) is 11.8 Å². The molecule has 0 fully saturated rings. The standard InChI is InChI=1S/C18H26O4.C2H6/c1-14(2)18(20)16(9-10-17(19)21-3)11-12-22-13-15-7-5-4-6-8-15;1-2/h4-10,14,16,18,20H,11-13H2,1-3H3;1-2H3/b10-9+;. The fourth-order valence-electron chi connectivity index (χ4n) is 2.13. The molecule has 4 heteroatoms. The number of hydrogen-bond donors (Lipinski definition) is 1. The number of methoxy groups -OCH3 is 1. The highest BCUT2D eigenvalue weighted by Crippen LogP contribution is 2.18. The molecule has 136 valence electrons. The Kier molecular flexibility index (Phi) is 12.8. The SMILES string of the molecule is CC.COC(=O)/C=C/C(CCOCc1ccccc1)C(O)C(C)C. The first-order chi connectivity index (χ1) is 11.5. The lowest BCUT2D eigenvalue weighted by Crippen LogP contribution is -2.26.